The molecule has 31 heavy (non-hydrogen) atoms. The van der Waals surface area contributed by atoms with Crippen LogP contribution in [0.5, 0.6) is 0 Å². The van der Waals surface area contributed by atoms with Crippen molar-refractivity contribution in [2.45, 2.75) is 44.8 Å². The van der Waals surface area contributed by atoms with E-state index in [1.54, 1.807) is 9.80 Å². The van der Waals surface area contributed by atoms with Gasteiger partial charge in [-0.25, -0.2) is 0 Å². The summed E-state index contributed by atoms with van der Waals surface area (Å²) in [5.41, 5.74) is -1.42. The second kappa shape index (κ2) is 8.81. The molecule has 2 saturated heterocycles. The van der Waals surface area contributed by atoms with Crippen molar-refractivity contribution in [3.8, 4) is 0 Å². The highest BCUT2D eigenvalue weighted by Gasteiger charge is 2.64. The maximum atomic E-state index is 14.2. The zero-order chi connectivity index (χ0) is 22.1. The number of hydrogen-bond donors (Lipinski definition) is 0. The standard InChI is InChI=1S/C23H30F3N3O2/c24-23(25,26)22(10-11-27(17-22)16-18-6-2-1-3-7-18)21(31)29-14-12-28(13-15-29)20(30)19-8-4-5-9-19/h1-3,6-7,19H,4-5,8-17H2. The average Bonchev–Trinajstić information content (AvgIpc) is 3.44. The second-order valence-electron chi connectivity index (χ2n) is 9.12. The molecule has 5 nitrogen and oxygen atoms in total. The topological polar surface area (TPSA) is 43.9 Å². The van der Waals surface area contributed by atoms with Gasteiger partial charge in [-0.15, -0.1) is 0 Å². The minimum Gasteiger partial charge on any atom is -0.339 e. The Balaban J connectivity index is 1.41. The number of hydrogen-bond acceptors (Lipinski definition) is 3. The van der Waals surface area contributed by atoms with Gasteiger partial charge in [0.15, 0.2) is 5.41 Å². The molecule has 0 bridgehead atoms. The molecule has 0 radical (unpaired) electrons. The highest BCUT2D eigenvalue weighted by Crippen LogP contribution is 2.47. The number of rotatable bonds is 4. The van der Waals surface area contributed by atoms with Gasteiger partial charge < -0.3 is 9.80 Å². The lowest BCUT2D eigenvalue weighted by Crippen LogP contribution is -2.59. The number of piperazine rings is 1. The van der Waals surface area contributed by atoms with Crippen molar-refractivity contribution in [2.75, 3.05) is 39.3 Å². The average molecular weight is 438 g/mol. The Kier molecular flexibility index (Phi) is 6.28. The summed E-state index contributed by atoms with van der Waals surface area (Å²) in [4.78, 5) is 30.6. The van der Waals surface area contributed by atoms with Gasteiger partial charge in [-0.1, -0.05) is 43.2 Å². The molecule has 8 heteroatoms. The number of alkyl halides is 3. The van der Waals surface area contributed by atoms with Crippen LogP contribution in [0.4, 0.5) is 13.2 Å². The number of likely N-dealkylation sites (tertiary alicyclic amines) is 1. The minimum absolute atomic E-state index is 0.0464. The van der Waals surface area contributed by atoms with Crippen molar-refractivity contribution in [3.05, 3.63) is 35.9 Å². The third kappa shape index (κ3) is 4.45. The van der Waals surface area contributed by atoms with Crippen LogP contribution in [0.15, 0.2) is 30.3 Å². The quantitative estimate of drug-likeness (QED) is 0.726. The van der Waals surface area contributed by atoms with Crippen molar-refractivity contribution >= 4 is 11.8 Å². The number of carbonyl (C=O) groups excluding carboxylic acids is 2. The van der Waals surface area contributed by atoms with E-state index in [1.807, 2.05) is 30.3 Å². The van der Waals surface area contributed by atoms with Gasteiger partial charge in [0.2, 0.25) is 11.8 Å². The molecular formula is C23H30F3N3O2. The van der Waals surface area contributed by atoms with Crippen LogP contribution in [0.2, 0.25) is 0 Å². The lowest BCUT2D eigenvalue weighted by atomic mass is 9.84. The van der Waals surface area contributed by atoms with E-state index in [4.69, 9.17) is 0 Å². The van der Waals surface area contributed by atoms with Crippen molar-refractivity contribution in [1.82, 2.24) is 14.7 Å². The van der Waals surface area contributed by atoms with Crippen molar-refractivity contribution < 1.29 is 22.8 Å². The van der Waals surface area contributed by atoms with Crippen molar-refractivity contribution in [2.24, 2.45) is 11.3 Å². The summed E-state index contributed by atoms with van der Waals surface area (Å²) >= 11 is 0. The van der Waals surface area contributed by atoms with Gasteiger partial charge in [-0.2, -0.15) is 13.2 Å². The predicted molar refractivity (Wildman–Crippen MR) is 110 cm³/mol. The zero-order valence-electron chi connectivity index (χ0n) is 17.7. The van der Waals surface area contributed by atoms with Crippen LogP contribution >= 0.6 is 0 Å². The third-order valence-electron chi connectivity index (χ3n) is 7.13. The van der Waals surface area contributed by atoms with Crippen molar-refractivity contribution in [3.63, 3.8) is 0 Å². The van der Waals surface area contributed by atoms with E-state index in [1.165, 1.54) is 4.90 Å². The molecule has 2 aliphatic heterocycles. The Bertz CT molecular complexity index is 787. The van der Waals surface area contributed by atoms with E-state index in [2.05, 4.69) is 0 Å². The zero-order valence-corrected chi connectivity index (χ0v) is 17.7. The fourth-order valence-electron chi connectivity index (χ4n) is 5.26. The summed E-state index contributed by atoms with van der Waals surface area (Å²) in [6, 6.07) is 9.36. The van der Waals surface area contributed by atoms with Gasteiger partial charge in [-0.3, -0.25) is 14.5 Å². The second-order valence-corrected chi connectivity index (χ2v) is 9.12. The summed E-state index contributed by atoms with van der Waals surface area (Å²) in [5.74, 6) is -0.682. The Morgan fingerprint density at radius 1 is 0.935 bits per heavy atom. The molecular weight excluding hydrogens is 407 g/mol. The normalized spacial score (nSPS) is 25.9. The Morgan fingerprint density at radius 3 is 2.16 bits per heavy atom. The Hall–Kier alpha value is -2.09. The van der Waals surface area contributed by atoms with Gasteiger partial charge in [0, 0.05) is 45.2 Å². The summed E-state index contributed by atoms with van der Waals surface area (Å²) in [6.45, 7) is 1.31. The molecule has 0 spiro atoms. The largest absolute Gasteiger partial charge is 0.404 e. The highest BCUT2D eigenvalue weighted by atomic mass is 19.4. The minimum atomic E-state index is -4.60. The van der Waals surface area contributed by atoms with E-state index >= 15 is 0 Å². The first-order valence-corrected chi connectivity index (χ1v) is 11.2. The number of carbonyl (C=O) groups is 2. The van der Waals surface area contributed by atoms with Crippen LogP contribution in [0.1, 0.15) is 37.7 Å². The highest BCUT2D eigenvalue weighted by molar-refractivity contribution is 5.85. The maximum Gasteiger partial charge on any atom is 0.404 e. The molecule has 1 aromatic carbocycles. The van der Waals surface area contributed by atoms with E-state index in [9.17, 15) is 22.8 Å². The monoisotopic (exact) mass is 437 g/mol. The SMILES string of the molecule is O=C(C1CCCC1)N1CCN(C(=O)C2(C(F)(F)F)CCN(Cc3ccccc3)C2)CC1. The number of nitrogens with zero attached hydrogens (tertiary/aromatic N) is 3. The number of halogens is 3. The first-order valence-electron chi connectivity index (χ1n) is 11.2. The van der Waals surface area contributed by atoms with Crippen LogP contribution in [-0.2, 0) is 16.1 Å². The summed E-state index contributed by atoms with van der Waals surface area (Å²) in [6.07, 6.45) is -0.917. The van der Waals surface area contributed by atoms with Crippen LogP contribution in [-0.4, -0.2) is 72.0 Å². The Labute approximate surface area is 181 Å². The first kappa shape index (κ1) is 22.1. The van der Waals surface area contributed by atoms with Crippen LogP contribution in [0.25, 0.3) is 0 Å². The Morgan fingerprint density at radius 2 is 1.55 bits per heavy atom. The molecule has 1 unspecified atom stereocenters. The van der Waals surface area contributed by atoms with Crippen LogP contribution < -0.4 is 0 Å². The summed E-state index contributed by atoms with van der Waals surface area (Å²) in [7, 11) is 0. The van der Waals surface area contributed by atoms with Gasteiger partial charge in [0.25, 0.3) is 0 Å². The smallest absolute Gasteiger partial charge is 0.339 e. The fraction of sp³-hybridized carbons (Fsp3) is 0.652. The third-order valence-corrected chi connectivity index (χ3v) is 7.13. The van der Waals surface area contributed by atoms with E-state index in [0.29, 0.717) is 19.6 Å². The molecule has 0 N–H and O–H groups in total. The van der Waals surface area contributed by atoms with Gasteiger partial charge in [0.1, 0.15) is 0 Å². The molecule has 0 aromatic heterocycles. The number of amides is 2. The molecule has 2 amide bonds. The lowest BCUT2D eigenvalue weighted by molar-refractivity contribution is -0.224. The van der Waals surface area contributed by atoms with E-state index in [0.717, 1.165) is 31.2 Å². The molecule has 3 fully saturated rings. The molecule has 1 aromatic rings. The molecule has 1 saturated carbocycles. The van der Waals surface area contributed by atoms with Crippen LogP contribution in [0, 0.1) is 11.3 Å². The van der Waals surface area contributed by atoms with Crippen LogP contribution in [0.3, 0.4) is 0 Å². The predicted octanol–water partition coefficient (Wildman–Crippen LogP) is 3.30. The molecule has 1 atom stereocenters. The number of benzene rings is 1. The van der Waals surface area contributed by atoms with E-state index < -0.39 is 17.5 Å². The summed E-state index contributed by atoms with van der Waals surface area (Å²) in [5, 5.41) is 0. The fourth-order valence-corrected chi connectivity index (χ4v) is 5.26. The molecule has 2 heterocycles. The molecule has 3 aliphatic rings. The molecule has 4 rings (SSSR count). The van der Waals surface area contributed by atoms with Gasteiger partial charge in [0.05, 0.1) is 0 Å². The van der Waals surface area contributed by atoms with Gasteiger partial charge in [-0.05, 0) is 31.4 Å². The lowest BCUT2D eigenvalue weighted by Gasteiger charge is -2.41. The first-order chi connectivity index (χ1) is 14.8. The van der Waals surface area contributed by atoms with Crippen molar-refractivity contribution in [1.29, 1.82) is 0 Å². The molecule has 170 valence electrons. The van der Waals surface area contributed by atoms with Gasteiger partial charge >= 0.3 is 6.18 Å². The van der Waals surface area contributed by atoms with E-state index in [-0.39, 0.29) is 44.4 Å². The summed E-state index contributed by atoms with van der Waals surface area (Å²) < 4.78 is 42.6. The molecule has 1 aliphatic carbocycles. The maximum absolute atomic E-state index is 14.2.